The Morgan fingerprint density at radius 2 is 1.68 bits per heavy atom. The molecule has 0 saturated carbocycles. The van der Waals surface area contributed by atoms with Gasteiger partial charge in [-0.15, -0.1) is 0 Å². The molecule has 2 aliphatic rings. The maximum Gasteiger partial charge on any atom is 0.253 e. The Morgan fingerprint density at radius 1 is 0.894 bits per heavy atom. The first-order chi connectivity index (χ1) is 22.9. The number of carbonyl (C=O) groups is 1. The molecule has 10 nitrogen and oxygen atoms in total. The van der Waals surface area contributed by atoms with E-state index in [2.05, 4.69) is 20.9 Å². The van der Waals surface area contributed by atoms with E-state index in [1.807, 2.05) is 66.5 Å². The number of likely N-dealkylation sites (N-methyl/N-ethyl adjacent to an activating group) is 1. The molecule has 1 amide bonds. The van der Waals surface area contributed by atoms with Crippen molar-refractivity contribution in [3.63, 3.8) is 0 Å². The van der Waals surface area contributed by atoms with Crippen LogP contribution >= 0.6 is 23.4 Å². The van der Waals surface area contributed by atoms with Crippen LogP contribution in [-0.4, -0.2) is 86.5 Å². The lowest BCUT2D eigenvalue weighted by atomic mass is 10.1. The van der Waals surface area contributed by atoms with E-state index in [1.165, 1.54) is 17.3 Å². The molecule has 1 saturated heterocycles. The second-order valence-corrected chi connectivity index (χ2v) is 12.8. The second-order valence-electron chi connectivity index (χ2n) is 11.4. The minimum absolute atomic E-state index is 0.0528. The Balaban J connectivity index is 1.01. The summed E-state index contributed by atoms with van der Waals surface area (Å²) >= 11 is 7.91. The molecule has 3 heterocycles. The number of hydrogen-bond donors (Lipinski definition) is 0. The van der Waals surface area contributed by atoms with Crippen molar-refractivity contribution in [3.05, 3.63) is 94.1 Å². The van der Waals surface area contributed by atoms with Gasteiger partial charge in [0.25, 0.3) is 5.91 Å². The highest BCUT2D eigenvalue weighted by Crippen LogP contribution is 2.33. The lowest BCUT2D eigenvalue weighted by Gasteiger charge is -2.34. The first-order valence-electron chi connectivity index (χ1n) is 15.5. The standard InChI is InChI=1S/C35H38ClN5O5S/c1-39(12-11-24-7-9-28(43-2)30(18-24)44-3)33-20-32(36)37-35(38-33)47-22-26-5-4-6-27(17-26)34(42)41-15-13-40(14-16-41)21-25-8-10-29-31(19-25)46-23-45-29/h4-10,17-20H,11-16,21-23H2,1-3H3. The van der Waals surface area contributed by atoms with Gasteiger partial charge in [0.2, 0.25) is 6.79 Å². The highest BCUT2D eigenvalue weighted by Gasteiger charge is 2.23. The number of benzene rings is 3. The Morgan fingerprint density at radius 3 is 2.49 bits per heavy atom. The molecule has 0 atom stereocenters. The van der Waals surface area contributed by atoms with E-state index in [9.17, 15) is 4.79 Å². The molecule has 0 bridgehead atoms. The van der Waals surface area contributed by atoms with Crippen LogP contribution in [0.15, 0.2) is 71.9 Å². The van der Waals surface area contributed by atoms with Crippen molar-refractivity contribution >= 4 is 35.1 Å². The lowest BCUT2D eigenvalue weighted by molar-refractivity contribution is 0.0628. The smallest absolute Gasteiger partial charge is 0.253 e. The third kappa shape index (κ3) is 8.22. The van der Waals surface area contributed by atoms with E-state index in [4.69, 9.17) is 35.5 Å². The van der Waals surface area contributed by atoms with Crippen molar-refractivity contribution in [2.45, 2.75) is 23.9 Å². The first-order valence-corrected chi connectivity index (χ1v) is 16.8. The Labute approximate surface area is 284 Å². The summed E-state index contributed by atoms with van der Waals surface area (Å²) < 4.78 is 21.7. The molecule has 4 aromatic rings. The summed E-state index contributed by atoms with van der Waals surface area (Å²) in [6.07, 6.45) is 0.788. The SMILES string of the molecule is COc1ccc(CCN(C)c2cc(Cl)nc(SCc3cccc(C(=O)N4CCN(Cc5ccc6c(c5)OCO6)CC4)c3)n2)cc1OC. The topological polar surface area (TPSA) is 89.5 Å². The van der Waals surface area contributed by atoms with Crippen LogP contribution < -0.4 is 23.8 Å². The molecule has 12 heteroatoms. The molecule has 6 rings (SSSR count). The normalized spacial score (nSPS) is 14.3. The zero-order valence-electron chi connectivity index (χ0n) is 26.8. The summed E-state index contributed by atoms with van der Waals surface area (Å²) in [5, 5.41) is 0.970. The van der Waals surface area contributed by atoms with Gasteiger partial charge in [-0.3, -0.25) is 9.69 Å². The van der Waals surface area contributed by atoms with Crippen LogP contribution in [0.3, 0.4) is 0 Å². The summed E-state index contributed by atoms with van der Waals surface area (Å²) in [5.41, 5.74) is 4.02. The van der Waals surface area contributed by atoms with Gasteiger partial charge in [0.05, 0.1) is 14.2 Å². The average molecular weight is 676 g/mol. The Hall–Kier alpha value is -4.19. The van der Waals surface area contributed by atoms with Crippen molar-refractivity contribution in [2.75, 3.05) is 65.7 Å². The lowest BCUT2D eigenvalue weighted by Crippen LogP contribution is -2.48. The van der Waals surface area contributed by atoms with Crippen molar-refractivity contribution in [1.29, 1.82) is 0 Å². The van der Waals surface area contributed by atoms with Crippen molar-refractivity contribution in [1.82, 2.24) is 19.8 Å². The summed E-state index contributed by atoms with van der Waals surface area (Å²) in [4.78, 5) is 29.0. The number of hydrogen-bond acceptors (Lipinski definition) is 10. The molecule has 47 heavy (non-hydrogen) atoms. The van der Waals surface area contributed by atoms with Gasteiger partial charge in [-0.05, 0) is 59.5 Å². The van der Waals surface area contributed by atoms with Crippen LogP contribution in [0.4, 0.5) is 5.82 Å². The fourth-order valence-electron chi connectivity index (χ4n) is 5.62. The minimum Gasteiger partial charge on any atom is -0.493 e. The highest BCUT2D eigenvalue weighted by atomic mass is 35.5. The molecule has 0 radical (unpaired) electrons. The zero-order chi connectivity index (χ0) is 32.8. The van der Waals surface area contributed by atoms with Crippen LogP contribution in [0, 0.1) is 0 Å². The maximum absolute atomic E-state index is 13.4. The van der Waals surface area contributed by atoms with E-state index in [0.29, 0.717) is 46.2 Å². The zero-order valence-corrected chi connectivity index (χ0v) is 28.4. The summed E-state index contributed by atoms with van der Waals surface area (Å²) in [5.74, 6) is 4.41. The van der Waals surface area contributed by atoms with Crippen LogP contribution in [0.5, 0.6) is 23.0 Å². The molecule has 2 aliphatic heterocycles. The maximum atomic E-state index is 13.4. The minimum atomic E-state index is 0.0528. The second kappa shape index (κ2) is 15.1. The number of anilines is 1. The summed E-state index contributed by atoms with van der Waals surface area (Å²) in [7, 11) is 5.25. The van der Waals surface area contributed by atoms with E-state index in [-0.39, 0.29) is 12.7 Å². The number of fused-ring (bicyclic) bond motifs is 1. The summed E-state index contributed by atoms with van der Waals surface area (Å²) in [6, 6.07) is 21.6. The predicted octanol–water partition coefficient (Wildman–Crippen LogP) is 5.81. The van der Waals surface area contributed by atoms with Crippen LogP contribution in [0.2, 0.25) is 5.15 Å². The average Bonchev–Trinajstić information content (AvgIpc) is 3.57. The van der Waals surface area contributed by atoms with Crippen LogP contribution in [0.1, 0.15) is 27.0 Å². The van der Waals surface area contributed by atoms with E-state index in [0.717, 1.165) is 61.0 Å². The largest absolute Gasteiger partial charge is 0.493 e. The molecule has 1 aromatic heterocycles. The molecule has 0 N–H and O–H groups in total. The van der Waals surface area contributed by atoms with Crippen molar-refractivity contribution in [3.8, 4) is 23.0 Å². The molecule has 1 fully saturated rings. The van der Waals surface area contributed by atoms with E-state index in [1.54, 1.807) is 20.3 Å². The van der Waals surface area contributed by atoms with Crippen LogP contribution in [0.25, 0.3) is 0 Å². The number of carbonyl (C=O) groups excluding carboxylic acids is 1. The van der Waals surface area contributed by atoms with Gasteiger partial charge in [-0.2, -0.15) is 0 Å². The first kappa shape index (κ1) is 32.7. The highest BCUT2D eigenvalue weighted by molar-refractivity contribution is 7.98. The van der Waals surface area contributed by atoms with Gasteiger partial charge in [0.1, 0.15) is 11.0 Å². The van der Waals surface area contributed by atoms with Crippen LogP contribution in [-0.2, 0) is 18.7 Å². The number of nitrogens with zero attached hydrogens (tertiary/aromatic N) is 5. The molecule has 0 aliphatic carbocycles. The van der Waals surface area contributed by atoms with E-state index >= 15 is 0 Å². The number of rotatable bonds is 12. The van der Waals surface area contributed by atoms with E-state index < -0.39 is 0 Å². The fourth-order valence-corrected chi connectivity index (χ4v) is 6.65. The summed E-state index contributed by atoms with van der Waals surface area (Å²) in [6.45, 7) is 4.80. The van der Waals surface area contributed by atoms with Gasteiger partial charge < -0.3 is 28.7 Å². The number of aromatic nitrogens is 2. The Bertz CT molecular complexity index is 1720. The predicted molar refractivity (Wildman–Crippen MR) is 183 cm³/mol. The number of thioether (sulfide) groups is 1. The quantitative estimate of drug-likeness (QED) is 0.104. The Kier molecular flexibility index (Phi) is 10.5. The molecule has 0 unspecified atom stereocenters. The number of piperazine rings is 1. The third-order valence-electron chi connectivity index (χ3n) is 8.28. The van der Waals surface area contributed by atoms with Gasteiger partial charge in [0.15, 0.2) is 28.2 Å². The number of ether oxygens (including phenoxy) is 4. The van der Waals surface area contributed by atoms with Gasteiger partial charge in [0, 0.05) is 63.7 Å². The number of methoxy groups -OCH3 is 2. The molecule has 3 aromatic carbocycles. The molecular formula is C35H38ClN5O5S. The molecular weight excluding hydrogens is 638 g/mol. The van der Waals surface area contributed by atoms with Crippen molar-refractivity contribution < 1.29 is 23.7 Å². The number of amides is 1. The van der Waals surface area contributed by atoms with Gasteiger partial charge >= 0.3 is 0 Å². The molecule has 246 valence electrons. The van der Waals surface area contributed by atoms with Crippen molar-refractivity contribution in [2.24, 2.45) is 0 Å². The third-order valence-corrected chi connectivity index (χ3v) is 9.39. The monoisotopic (exact) mass is 675 g/mol. The molecule has 0 spiro atoms. The van der Waals surface area contributed by atoms with Gasteiger partial charge in [-0.25, -0.2) is 9.97 Å². The van der Waals surface area contributed by atoms with Gasteiger partial charge in [-0.1, -0.05) is 47.6 Å². The number of halogens is 1. The fraction of sp³-hybridized carbons (Fsp3) is 0.343.